The summed E-state index contributed by atoms with van der Waals surface area (Å²) in [6, 6.07) is 4.25. The van der Waals surface area contributed by atoms with Crippen LogP contribution in [0.4, 0.5) is 4.39 Å². The van der Waals surface area contributed by atoms with Crippen LogP contribution in [0.25, 0.3) is 0 Å². The van der Waals surface area contributed by atoms with Crippen LogP contribution in [0.3, 0.4) is 0 Å². The first-order valence-electron chi connectivity index (χ1n) is 6.01. The van der Waals surface area contributed by atoms with Crippen molar-refractivity contribution >= 4 is 21.6 Å². The number of hydrogen-bond acceptors (Lipinski definition) is 3. The van der Waals surface area contributed by atoms with E-state index in [0.29, 0.717) is 19.0 Å². The molecule has 0 aliphatic rings. The Morgan fingerprint density at radius 1 is 1.32 bits per heavy atom. The molecular weight excluding hydrogens is 291 g/mol. The van der Waals surface area contributed by atoms with Gasteiger partial charge in [0.2, 0.25) is 10.0 Å². The zero-order chi connectivity index (χ0) is 14.5. The van der Waals surface area contributed by atoms with Crippen LogP contribution in [0, 0.1) is 5.82 Å². The van der Waals surface area contributed by atoms with Crippen molar-refractivity contribution in [3.63, 3.8) is 0 Å². The summed E-state index contributed by atoms with van der Waals surface area (Å²) in [6.45, 7) is 4.95. The summed E-state index contributed by atoms with van der Waals surface area (Å²) in [6.07, 6.45) is 0.625. The van der Waals surface area contributed by atoms with Crippen molar-refractivity contribution in [3.05, 3.63) is 29.0 Å². The van der Waals surface area contributed by atoms with Crippen LogP contribution >= 0.6 is 11.6 Å². The molecule has 0 aliphatic heterocycles. The zero-order valence-corrected chi connectivity index (χ0v) is 12.5. The normalized spacial score (nSPS) is 12.1. The van der Waals surface area contributed by atoms with Crippen molar-refractivity contribution in [1.29, 1.82) is 0 Å². The third kappa shape index (κ3) is 5.06. The van der Waals surface area contributed by atoms with E-state index < -0.39 is 20.7 Å². The predicted octanol–water partition coefficient (Wildman–Crippen LogP) is 2.15. The number of nitrogens with one attached hydrogen (secondary N) is 2. The van der Waals surface area contributed by atoms with Gasteiger partial charge < -0.3 is 5.32 Å². The van der Waals surface area contributed by atoms with Gasteiger partial charge in [-0.25, -0.2) is 17.5 Å². The number of sulfonamides is 1. The molecule has 1 rings (SSSR count). The van der Waals surface area contributed by atoms with Gasteiger partial charge in [-0.3, -0.25) is 0 Å². The molecule has 0 amide bonds. The Morgan fingerprint density at radius 2 is 2.00 bits per heavy atom. The van der Waals surface area contributed by atoms with Crippen molar-refractivity contribution in [2.45, 2.75) is 31.2 Å². The van der Waals surface area contributed by atoms with Gasteiger partial charge in [-0.1, -0.05) is 31.5 Å². The minimum atomic E-state index is -3.85. The fourth-order valence-corrected chi connectivity index (χ4v) is 2.86. The second-order valence-corrected chi connectivity index (χ2v) is 6.55. The Kier molecular flexibility index (Phi) is 6.19. The second kappa shape index (κ2) is 7.19. The molecule has 108 valence electrons. The summed E-state index contributed by atoms with van der Waals surface area (Å²) in [5.41, 5.74) is 0. The first-order valence-corrected chi connectivity index (χ1v) is 7.88. The molecule has 0 spiro atoms. The van der Waals surface area contributed by atoms with Crippen LogP contribution in [-0.2, 0) is 10.0 Å². The van der Waals surface area contributed by atoms with E-state index in [1.165, 1.54) is 18.2 Å². The highest BCUT2D eigenvalue weighted by Gasteiger charge is 2.19. The quantitative estimate of drug-likeness (QED) is 0.759. The maximum absolute atomic E-state index is 13.6. The number of benzene rings is 1. The van der Waals surface area contributed by atoms with Crippen molar-refractivity contribution in [2.24, 2.45) is 0 Å². The van der Waals surface area contributed by atoms with Crippen LogP contribution in [-0.4, -0.2) is 27.5 Å². The second-order valence-electron chi connectivity index (χ2n) is 4.41. The summed E-state index contributed by atoms with van der Waals surface area (Å²) in [4.78, 5) is -0.420. The number of rotatable bonds is 7. The highest BCUT2D eigenvalue weighted by molar-refractivity contribution is 7.89. The minimum Gasteiger partial charge on any atom is -0.314 e. The average Bonchev–Trinajstić information content (AvgIpc) is 2.31. The van der Waals surface area contributed by atoms with Crippen molar-refractivity contribution < 1.29 is 12.8 Å². The first-order chi connectivity index (χ1) is 8.84. The first kappa shape index (κ1) is 16.4. The Morgan fingerprint density at radius 3 is 2.63 bits per heavy atom. The van der Waals surface area contributed by atoms with Crippen LogP contribution < -0.4 is 10.0 Å². The van der Waals surface area contributed by atoms with Gasteiger partial charge in [-0.2, -0.15) is 0 Å². The number of hydrogen-bond donors (Lipinski definition) is 2. The molecule has 0 aromatic heterocycles. The van der Waals surface area contributed by atoms with E-state index in [1.807, 2.05) is 13.8 Å². The van der Waals surface area contributed by atoms with Gasteiger partial charge in [0.05, 0.1) is 5.02 Å². The lowest BCUT2D eigenvalue weighted by Crippen LogP contribution is -2.30. The highest BCUT2D eigenvalue weighted by atomic mass is 35.5. The monoisotopic (exact) mass is 308 g/mol. The molecule has 1 aromatic rings. The molecule has 0 saturated heterocycles. The van der Waals surface area contributed by atoms with Gasteiger partial charge in [0.25, 0.3) is 0 Å². The molecule has 2 N–H and O–H groups in total. The fraction of sp³-hybridized carbons (Fsp3) is 0.500. The summed E-state index contributed by atoms with van der Waals surface area (Å²) in [5, 5.41) is 2.96. The molecule has 0 atom stereocenters. The third-order valence-electron chi connectivity index (χ3n) is 2.40. The average molecular weight is 309 g/mol. The molecule has 19 heavy (non-hydrogen) atoms. The molecule has 0 saturated carbocycles. The van der Waals surface area contributed by atoms with E-state index in [1.54, 1.807) is 0 Å². The van der Waals surface area contributed by atoms with Gasteiger partial charge in [0, 0.05) is 12.6 Å². The van der Waals surface area contributed by atoms with E-state index in [0.717, 1.165) is 0 Å². The molecule has 7 heteroatoms. The third-order valence-corrected chi connectivity index (χ3v) is 4.17. The van der Waals surface area contributed by atoms with Crippen LogP contribution in [0.5, 0.6) is 0 Å². The van der Waals surface area contributed by atoms with E-state index >= 15 is 0 Å². The Labute approximate surface area is 118 Å². The molecule has 0 heterocycles. The zero-order valence-electron chi connectivity index (χ0n) is 10.9. The van der Waals surface area contributed by atoms with E-state index in [-0.39, 0.29) is 11.6 Å². The largest absolute Gasteiger partial charge is 0.314 e. The van der Waals surface area contributed by atoms with Gasteiger partial charge in [0.15, 0.2) is 5.82 Å². The SMILES string of the molecule is CC(C)NCCCNS(=O)(=O)c1cccc(Cl)c1F. The van der Waals surface area contributed by atoms with Crippen molar-refractivity contribution in [1.82, 2.24) is 10.0 Å². The Balaban J connectivity index is 2.59. The Hall–Kier alpha value is -0.690. The predicted molar refractivity (Wildman–Crippen MR) is 74.4 cm³/mol. The maximum atomic E-state index is 13.6. The molecule has 0 aliphatic carbocycles. The molecular formula is C12H18ClFN2O2S. The lowest BCUT2D eigenvalue weighted by Gasteiger charge is -2.10. The summed E-state index contributed by atoms with van der Waals surface area (Å²) in [5.74, 6) is -0.919. The number of halogens is 2. The summed E-state index contributed by atoms with van der Waals surface area (Å²) in [7, 11) is -3.85. The van der Waals surface area contributed by atoms with Crippen LogP contribution in [0.15, 0.2) is 23.1 Å². The standard InChI is InChI=1S/C12H18ClFN2O2S/c1-9(2)15-7-4-8-16-19(17,18)11-6-3-5-10(13)12(11)14/h3,5-6,9,15-16H,4,7-8H2,1-2H3. The minimum absolute atomic E-state index is 0.204. The van der Waals surface area contributed by atoms with Crippen LogP contribution in [0.2, 0.25) is 5.02 Å². The molecule has 0 radical (unpaired) electrons. The molecule has 0 fully saturated rings. The van der Waals surface area contributed by atoms with Crippen LogP contribution in [0.1, 0.15) is 20.3 Å². The summed E-state index contributed by atoms with van der Waals surface area (Å²) < 4.78 is 39.7. The van der Waals surface area contributed by atoms with Crippen molar-refractivity contribution in [2.75, 3.05) is 13.1 Å². The van der Waals surface area contributed by atoms with Gasteiger partial charge in [-0.05, 0) is 25.1 Å². The molecule has 4 nitrogen and oxygen atoms in total. The lowest BCUT2D eigenvalue weighted by molar-refractivity contribution is 0.544. The van der Waals surface area contributed by atoms with E-state index in [4.69, 9.17) is 11.6 Å². The topological polar surface area (TPSA) is 58.2 Å². The lowest BCUT2D eigenvalue weighted by atomic mass is 10.3. The smallest absolute Gasteiger partial charge is 0.243 e. The Bertz CT molecular complexity index is 520. The van der Waals surface area contributed by atoms with Gasteiger partial charge >= 0.3 is 0 Å². The molecule has 1 aromatic carbocycles. The molecule has 0 bridgehead atoms. The highest BCUT2D eigenvalue weighted by Crippen LogP contribution is 2.21. The van der Waals surface area contributed by atoms with Gasteiger partial charge in [0.1, 0.15) is 4.90 Å². The maximum Gasteiger partial charge on any atom is 0.243 e. The fourth-order valence-electron chi connectivity index (χ4n) is 1.45. The van der Waals surface area contributed by atoms with Crippen molar-refractivity contribution in [3.8, 4) is 0 Å². The summed E-state index contributed by atoms with van der Waals surface area (Å²) >= 11 is 5.56. The van der Waals surface area contributed by atoms with E-state index in [9.17, 15) is 12.8 Å². The van der Waals surface area contributed by atoms with E-state index in [2.05, 4.69) is 10.0 Å². The molecule has 0 unspecified atom stereocenters. The van der Waals surface area contributed by atoms with Gasteiger partial charge in [-0.15, -0.1) is 0 Å².